The quantitative estimate of drug-likeness (QED) is 0.735. The van der Waals surface area contributed by atoms with Crippen molar-refractivity contribution in [1.82, 2.24) is 0 Å². The summed E-state index contributed by atoms with van der Waals surface area (Å²) >= 11 is 12.3. The Labute approximate surface area is 164 Å². The highest BCUT2D eigenvalue weighted by atomic mass is 35.5. The molecular weight excluding hydrogens is 367 g/mol. The van der Waals surface area contributed by atoms with Crippen molar-refractivity contribution < 1.29 is 9.68 Å². The van der Waals surface area contributed by atoms with Crippen LogP contribution in [-0.4, -0.2) is 28.6 Å². The summed E-state index contributed by atoms with van der Waals surface area (Å²) in [5.74, 6) is 1.20. The third kappa shape index (κ3) is 3.02. The molecule has 2 heterocycles. The first-order valence-corrected chi connectivity index (χ1v) is 9.90. The van der Waals surface area contributed by atoms with Gasteiger partial charge in [-0.15, -0.1) is 0 Å². The van der Waals surface area contributed by atoms with E-state index in [1.165, 1.54) is 17.8 Å². The van der Waals surface area contributed by atoms with E-state index in [-0.39, 0.29) is 0 Å². The lowest BCUT2D eigenvalue weighted by Gasteiger charge is -2.24. The first-order valence-electron chi connectivity index (χ1n) is 9.14. The molecule has 0 unspecified atom stereocenters. The molecule has 0 aromatic heterocycles. The first-order chi connectivity index (χ1) is 12.5. The summed E-state index contributed by atoms with van der Waals surface area (Å²) in [6.45, 7) is 3.43. The molecule has 2 aromatic carbocycles. The highest BCUT2D eigenvalue weighted by Gasteiger charge is 2.52. The summed E-state index contributed by atoms with van der Waals surface area (Å²) in [6, 6.07) is 13.9. The fourth-order valence-corrected chi connectivity index (χ4v) is 4.40. The topological polar surface area (TPSA) is 26.5 Å². The zero-order valence-corrected chi connectivity index (χ0v) is 16.4. The molecule has 4 rings (SSSR count). The van der Waals surface area contributed by atoms with Gasteiger partial charge in [-0.25, -0.2) is 9.48 Å². The highest BCUT2D eigenvalue weighted by molar-refractivity contribution is 6.42. The minimum Gasteiger partial charge on any atom is -0.346 e. The van der Waals surface area contributed by atoms with E-state index in [2.05, 4.69) is 40.7 Å². The number of aliphatic hydroxyl groups is 1. The first kappa shape index (κ1) is 17.8. The molecule has 0 fully saturated rings. The summed E-state index contributed by atoms with van der Waals surface area (Å²) in [5, 5.41) is 12.7. The Bertz CT molecular complexity index is 880. The predicted octanol–water partition coefficient (Wildman–Crippen LogP) is 4.95. The summed E-state index contributed by atoms with van der Waals surface area (Å²) in [7, 11) is 0. The maximum Gasteiger partial charge on any atom is 0.271 e. The molecule has 5 heteroatoms. The molecule has 0 saturated carbocycles. The smallest absolute Gasteiger partial charge is 0.271 e. The van der Waals surface area contributed by atoms with Crippen molar-refractivity contribution in [3.05, 3.63) is 63.6 Å². The van der Waals surface area contributed by atoms with E-state index in [9.17, 15) is 5.11 Å². The van der Waals surface area contributed by atoms with Crippen molar-refractivity contribution in [2.75, 3.05) is 18.0 Å². The molecule has 0 radical (unpaired) electrons. The van der Waals surface area contributed by atoms with Gasteiger partial charge in [-0.1, -0.05) is 41.4 Å². The van der Waals surface area contributed by atoms with Crippen LogP contribution in [0.1, 0.15) is 36.8 Å². The minimum absolute atomic E-state index is 0.475. The molecule has 3 nitrogen and oxygen atoms in total. The third-order valence-electron chi connectivity index (χ3n) is 5.43. The van der Waals surface area contributed by atoms with E-state index >= 15 is 0 Å². The standard InChI is InChI=1S/C21H23Cl2N2O/c1-15-6-5-7-17(12-15)24-14-21(26,16-9-10-18(22)19(23)13-16)25-11-4-2-3-8-20(24)25/h5-7,9-10,12-13,26H,2-4,8,11,14H2,1H3/q+1/t21-/m0/s1. The van der Waals surface area contributed by atoms with Crippen LogP contribution >= 0.6 is 23.2 Å². The van der Waals surface area contributed by atoms with Crippen LogP contribution in [0.5, 0.6) is 0 Å². The van der Waals surface area contributed by atoms with E-state index in [1.54, 1.807) is 12.1 Å². The number of aryl methyl sites for hydroxylation is 1. The van der Waals surface area contributed by atoms with E-state index in [4.69, 9.17) is 23.2 Å². The van der Waals surface area contributed by atoms with Crippen LogP contribution in [0.15, 0.2) is 42.5 Å². The van der Waals surface area contributed by atoms with Gasteiger partial charge in [0.05, 0.1) is 16.6 Å². The van der Waals surface area contributed by atoms with E-state index in [0.717, 1.165) is 37.1 Å². The normalized spacial score (nSPS) is 23.2. The van der Waals surface area contributed by atoms with Crippen molar-refractivity contribution in [3.63, 3.8) is 0 Å². The van der Waals surface area contributed by atoms with Gasteiger partial charge < -0.3 is 5.11 Å². The van der Waals surface area contributed by atoms with Crippen LogP contribution in [0.25, 0.3) is 0 Å². The van der Waals surface area contributed by atoms with Gasteiger partial charge in [0.15, 0.2) is 6.54 Å². The summed E-state index contributed by atoms with van der Waals surface area (Å²) in [6.07, 6.45) is 4.37. The lowest BCUT2D eigenvalue weighted by atomic mass is 10.0. The van der Waals surface area contributed by atoms with Crippen LogP contribution in [0.2, 0.25) is 10.0 Å². The Hall–Kier alpha value is -1.55. The van der Waals surface area contributed by atoms with Crippen LogP contribution in [0.3, 0.4) is 0 Å². The molecule has 1 atom stereocenters. The second kappa shape index (κ2) is 6.88. The van der Waals surface area contributed by atoms with E-state index < -0.39 is 5.72 Å². The van der Waals surface area contributed by atoms with Crippen LogP contribution in [0, 0.1) is 6.92 Å². The Morgan fingerprint density at radius 2 is 1.88 bits per heavy atom. The average Bonchev–Trinajstić information content (AvgIpc) is 2.77. The SMILES string of the molecule is Cc1cccc(N2C[C@](O)(c3ccc(Cl)c(Cl)c3)[N+]3=C2CCCCC3)c1. The number of anilines is 1. The third-order valence-corrected chi connectivity index (χ3v) is 6.16. The average molecular weight is 390 g/mol. The van der Waals surface area contributed by atoms with Gasteiger partial charge in [-0.2, -0.15) is 0 Å². The molecule has 0 bridgehead atoms. The second-order valence-electron chi connectivity index (χ2n) is 7.25. The molecule has 2 aliphatic rings. The highest BCUT2D eigenvalue weighted by Crippen LogP contribution is 2.37. The predicted molar refractivity (Wildman–Crippen MR) is 107 cm³/mol. The Kier molecular flexibility index (Phi) is 4.72. The summed E-state index contributed by atoms with van der Waals surface area (Å²) in [5.41, 5.74) is 2.04. The molecule has 0 aliphatic carbocycles. The van der Waals surface area contributed by atoms with Gasteiger partial charge in [0.2, 0.25) is 0 Å². The van der Waals surface area contributed by atoms with Gasteiger partial charge in [-0.05, 0) is 56.0 Å². The zero-order chi connectivity index (χ0) is 18.3. The molecular formula is C21H23Cl2N2O+. The van der Waals surface area contributed by atoms with Gasteiger partial charge in [-0.3, -0.25) is 0 Å². The zero-order valence-electron chi connectivity index (χ0n) is 14.9. The van der Waals surface area contributed by atoms with Crippen molar-refractivity contribution >= 4 is 34.7 Å². The number of nitrogens with zero attached hydrogens (tertiary/aromatic N) is 2. The molecule has 0 saturated heterocycles. The Morgan fingerprint density at radius 1 is 1.04 bits per heavy atom. The van der Waals surface area contributed by atoms with Crippen LogP contribution in [0.4, 0.5) is 5.69 Å². The van der Waals surface area contributed by atoms with Gasteiger partial charge >= 0.3 is 0 Å². The minimum atomic E-state index is -1.10. The number of rotatable bonds is 2. The number of β-amino-alcohol motifs (C(OH)–C–C–N with tert-alkyl or cyclic N) is 1. The van der Waals surface area contributed by atoms with Crippen LogP contribution in [-0.2, 0) is 5.72 Å². The number of hydrogen-bond acceptors (Lipinski definition) is 2. The van der Waals surface area contributed by atoms with Gasteiger partial charge in [0.1, 0.15) is 5.69 Å². The molecule has 136 valence electrons. The maximum atomic E-state index is 11.8. The fraction of sp³-hybridized carbons (Fsp3) is 0.381. The van der Waals surface area contributed by atoms with Crippen molar-refractivity contribution in [1.29, 1.82) is 0 Å². The van der Waals surface area contributed by atoms with Crippen LogP contribution < -0.4 is 4.90 Å². The van der Waals surface area contributed by atoms with E-state index in [1.807, 2.05) is 6.07 Å². The largest absolute Gasteiger partial charge is 0.346 e. The molecule has 1 N–H and O–H groups in total. The molecule has 0 spiro atoms. The maximum absolute atomic E-state index is 11.8. The number of halogens is 2. The lowest BCUT2D eigenvalue weighted by molar-refractivity contribution is -0.658. The fourth-order valence-electron chi connectivity index (χ4n) is 4.10. The summed E-state index contributed by atoms with van der Waals surface area (Å²) < 4.78 is 2.17. The number of hydrogen-bond donors (Lipinski definition) is 1. The molecule has 26 heavy (non-hydrogen) atoms. The van der Waals surface area contributed by atoms with Crippen molar-refractivity contribution in [2.45, 2.75) is 38.3 Å². The van der Waals surface area contributed by atoms with E-state index in [0.29, 0.717) is 16.6 Å². The van der Waals surface area contributed by atoms with Crippen molar-refractivity contribution in [2.24, 2.45) is 0 Å². The monoisotopic (exact) mass is 389 g/mol. The Morgan fingerprint density at radius 3 is 2.65 bits per heavy atom. The molecule has 2 aliphatic heterocycles. The molecule has 2 aromatic rings. The Balaban J connectivity index is 1.83. The molecule has 0 amide bonds. The van der Waals surface area contributed by atoms with Gasteiger partial charge in [0, 0.05) is 12.0 Å². The van der Waals surface area contributed by atoms with Crippen molar-refractivity contribution in [3.8, 4) is 0 Å². The lowest BCUT2D eigenvalue weighted by Crippen LogP contribution is -2.41. The summed E-state index contributed by atoms with van der Waals surface area (Å²) in [4.78, 5) is 2.26. The number of amidine groups is 1. The number of benzene rings is 2. The van der Waals surface area contributed by atoms with Gasteiger partial charge in [0.25, 0.3) is 11.6 Å². The second-order valence-corrected chi connectivity index (χ2v) is 8.06.